The zero-order valence-corrected chi connectivity index (χ0v) is 8.92. The number of methoxy groups -OCH3 is 1. The van der Waals surface area contributed by atoms with E-state index in [0.29, 0.717) is 10.6 Å². The quantitative estimate of drug-likeness (QED) is 0.740. The minimum absolute atomic E-state index is 0.0473. The fraction of sp³-hybridized carbons (Fsp3) is 0.556. The summed E-state index contributed by atoms with van der Waals surface area (Å²) in [6.07, 6.45) is -4.27. The molecule has 80 valence electrons. The molecule has 1 aromatic heterocycles. The van der Waals surface area contributed by atoms with E-state index in [0.717, 1.165) is 17.4 Å². The number of alkyl halides is 3. The van der Waals surface area contributed by atoms with Crippen molar-refractivity contribution in [3.05, 3.63) is 15.8 Å². The van der Waals surface area contributed by atoms with Gasteiger partial charge in [0.1, 0.15) is 10.6 Å². The van der Waals surface area contributed by atoms with E-state index in [1.807, 2.05) is 13.8 Å². The Morgan fingerprint density at radius 3 is 2.21 bits per heavy atom. The smallest absolute Gasteiger partial charge is 0.425 e. The van der Waals surface area contributed by atoms with Crippen molar-refractivity contribution in [1.82, 2.24) is 0 Å². The molecule has 1 nitrogen and oxygen atoms in total. The van der Waals surface area contributed by atoms with E-state index in [4.69, 9.17) is 4.74 Å². The van der Waals surface area contributed by atoms with Crippen LogP contribution in [0.1, 0.15) is 29.5 Å². The van der Waals surface area contributed by atoms with Gasteiger partial charge >= 0.3 is 6.18 Å². The molecule has 0 aromatic carbocycles. The minimum atomic E-state index is -4.27. The van der Waals surface area contributed by atoms with Crippen LogP contribution in [-0.2, 0) is 6.18 Å². The Morgan fingerprint density at radius 1 is 1.36 bits per heavy atom. The first-order valence-corrected chi connectivity index (χ1v) is 4.92. The number of hydrogen-bond donors (Lipinski definition) is 0. The van der Waals surface area contributed by atoms with Crippen molar-refractivity contribution < 1.29 is 17.9 Å². The molecule has 14 heavy (non-hydrogen) atoms. The lowest BCUT2D eigenvalue weighted by molar-refractivity contribution is -0.134. The second kappa shape index (κ2) is 3.81. The summed E-state index contributed by atoms with van der Waals surface area (Å²) < 4.78 is 41.9. The predicted octanol–water partition coefficient (Wildman–Crippen LogP) is 3.90. The summed E-state index contributed by atoms with van der Waals surface area (Å²) in [5, 5.41) is 0. The van der Waals surface area contributed by atoms with E-state index in [-0.39, 0.29) is 5.92 Å². The minimum Gasteiger partial charge on any atom is -0.496 e. The van der Waals surface area contributed by atoms with Crippen molar-refractivity contribution in [3.8, 4) is 5.75 Å². The first-order chi connectivity index (χ1) is 6.36. The van der Waals surface area contributed by atoms with Crippen LogP contribution in [0.2, 0.25) is 0 Å². The van der Waals surface area contributed by atoms with E-state index in [1.165, 1.54) is 7.11 Å². The van der Waals surface area contributed by atoms with E-state index in [9.17, 15) is 13.2 Å². The Kier molecular flexibility index (Phi) is 3.09. The highest BCUT2D eigenvalue weighted by Gasteiger charge is 2.34. The highest BCUT2D eigenvalue weighted by atomic mass is 32.1. The third-order valence-electron chi connectivity index (χ3n) is 1.75. The van der Waals surface area contributed by atoms with Gasteiger partial charge in [-0.05, 0) is 5.92 Å². The number of halogens is 3. The van der Waals surface area contributed by atoms with Crippen molar-refractivity contribution >= 4 is 11.3 Å². The second-order valence-corrected chi connectivity index (χ2v) is 4.28. The van der Waals surface area contributed by atoms with Crippen LogP contribution in [0.15, 0.2) is 6.07 Å². The summed E-state index contributed by atoms with van der Waals surface area (Å²) in [5.74, 6) is 0.378. The molecule has 0 atom stereocenters. The summed E-state index contributed by atoms with van der Waals surface area (Å²) >= 11 is 0.749. The largest absolute Gasteiger partial charge is 0.496 e. The third kappa shape index (κ3) is 2.20. The SMILES string of the molecule is COc1cc(C(F)(F)F)sc1C(C)C. The lowest BCUT2D eigenvalue weighted by Gasteiger charge is -2.03. The van der Waals surface area contributed by atoms with E-state index < -0.39 is 11.1 Å². The van der Waals surface area contributed by atoms with Crippen LogP contribution in [-0.4, -0.2) is 7.11 Å². The molecular weight excluding hydrogens is 213 g/mol. The maximum atomic E-state index is 12.3. The highest BCUT2D eigenvalue weighted by molar-refractivity contribution is 7.12. The second-order valence-electron chi connectivity index (χ2n) is 3.20. The third-order valence-corrected chi connectivity index (χ3v) is 3.21. The average molecular weight is 224 g/mol. The van der Waals surface area contributed by atoms with Crippen LogP contribution in [0.25, 0.3) is 0 Å². The summed E-state index contributed by atoms with van der Waals surface area (Å²) in [5.41, 5.74) is 0. The van der Waals surface area contributed by atoms with Crippen molar-refractivity contribution in [2.75, 3.05) is 7.11 Å². The molecule has 0 unspecified atom stereocenters. The molecule has 0 aliphatic heterocycles. The van der Waals surface area contributed by atoms with Gasteiger partial charge in [-0.25, -0.2) is 0 Å². The van der Waals surface area contributed by atoms with Crippen LogP contribution in [0.3, 0.4) is 0 Å². The molecule has 5 heteroatoms. The number of hydrogen-bond acceptors (Lipinski definition) is 2. The number of thiophene rings is 1. The monoisotopic (exact) mass is 224 g/mol. The maximum absolute atomic E-state index is 12.3. The molecule has 0 aliphatic rings. The van der Waals surface area contributed by atoms with Crippen LogP contribution in [0, 0.1) is 0 Å². The normalized spacial score (nSPS) is 12.2. The van der Waals surface area contributed by atoms with Crippen LogP contribution < -0.4 is 4.74 Å². The summed E-state index contributed by atoms with van der Waals surface area (Å²) in [6.45, 7) is 3.68. The van der Waals surface area contributed by atoms with Crippen molar-refractivity contribution in [2.45, 2.75) is 25.9 Å². The fourth-order valence-electron chi connectivity index (χ4n) is 1.09. The average Bonchev–Trinajstić information content (AvgIpc) is 2.45. The fourth-order valence-corrected chi connectivity index (χ4v) is 2.09. The Hall–Kier alpha value is -0.710. The number of rotatable bonds is 2. The van der Waals surface area contributed by atoms with Gasteiger partial charge in [0, 0.05) is 10.9 Å². The van der Waals surface area contributed by atoms with Gasteiger partial charge in [-0.3, -0.25) is 0 Å². The Morgan fingerprint density at radius 2 is 1.93 bits per heavy atom. The van der Waals surface area contributed by atoms with Gasteiger partial charge in [-0.1, -0.05) is 13.8 Å². The van der Waals surface area contributed by atoms with Gasteiger partial charge in [0.2, 0.25) is 0 Å². The predicted molar refractivity (Wildman–Crippen MR) is 50.0 cm³/mol. The summed E-state index contributed by atoms with van der Waals surface area (Å²) in [7, 11) is 1.38. The van der Waals surface area contributed by atoms with Crippen molar-refractivity contribution in [2.24, 2.45) is 0 Å². The molecule has 0 spiro atoms. The summed E-state index contributed by atoms with van der Waals surface area (Å²) in [4.78, 5) is 0.0397. The highest BCUT2D eigenvalue weighted by Crippen LogP contribution is 2.42. The molecule has 0 fully saturated rings. The molecule has 1 aromatic rings. The molecule has 0 saturated carbocycles. The Balaban J connectivity index is 3.13. The molecule has 0 aliphatic carbocycles. The first kappa shape index (κ1) is 11.4. The van der Waals surface area contributed by atoms with Crippen LogP contribution in [0.5, 0.6) is 5.75 Å². The van der Waals surface area contributed by atoms with Crippen LogP contribution in [0.4, 0.5) is 13.2 Å². The molecule has 0 saturated heterocycles. The van der Waals surface area contributed by atoms with E-state index in [1.54, 1.807) is 0 Å². The lowest BCUT2D eigenvalue weighted by Crippen LogP contribution is -2.00. The summed E-state index contributed by atoms with van der Waals surface area (Å²) in [6, 6.07) is 1.06. The van der Waals surface area contributed by atoms with E-state index >= 15 is 0 Å². The van der Waals surface area contributed by atoms with Crippen molar-refractivity contribution in [3.63, 3.8) is 0 Å². The lowest BCUT2D eigenvalue weighted by atomic mass is 10.2. The number of ether oxygens (including phenoxy) is 1. The van der Waals surface area contributed by atoms with E-state index in [2.05, 4.69) is 0 Å². The molecule has 0 amide bonds. The maximum Gasteiger partial charge on any atom is 0.425 e. The van der Waals surface area contributed by atoms with Crippen LogP contribution >= 0.6 is 11.3 Å². The Bertz CT molecular complexity index is 314. The molecular formula is C9H11F3OS. The van der Waals surface area contributed by atoms with Gasteiger partial charge in [0.25, 0.3) is 0 Å². The molecule has 0 radical (unpaired) electrons. The topological polar surface area (TPSA) is 9.23 Å². The van der Waals surface area contributed by atoms with Gasteiger partial charge in [-0.2, -0.15) is 13.2 Å². The van der Waals surface area contributed by atoms with Gasteiger partial charge in [-0.15, -0.1) is 11.3 Å². The Labute approximate surface area is 84.5 Å². The van der Waals surface area contributed by atoms with Gasteiger partial charge in [0.15, 0.2) is 0 Å². The first-order valence-electron chi connectivity index (χ1n) is 4.11. The molecule has 1 heterocycles. The zero-order valence-electron chi connectivity index (χ0n) is 8.11. The van der Waals surface area contributed by atoms with Gasteiger partial charge < -0.3 is 4.74 Å². The van der Waals surface area contributed by atoms with Crippen molar-refractivity contribution in [1.29, 1.82) is 0 Å². The molecule has 0 bridgehead atoms. The standard InChI is InChI=1S/C9H11F3OS/c1-5(2)8-6(13-3)4-7(14-8)9(10,11)12/h4-5H,1-3H3. The zero-order chi connectivity index (χ0) is 10.9. The van der Waals surface area contributed by atoms with Gasteiger partial charge in [0.05, 0.1) is 7.11 Å². The molecule has 0 N–H and O–H groups in total. The molecule has 1 rings (SSSR count).